The molecule has 0 aliphatic rings. The summed E-state index contributed by atoms with van der Waals surface area (Å²) in [6.45, 7) is 0. The molecule has 0 fully saturated rings. The molecule has 0 spiro atoms. The van der Waals surface area contributed by atoms with Crippen molar-refractivity contribution in [2.45, 2.75) is 0 Å². The van der Waals surface area contributed by atoms with Gasteiger partial charge < -0.3 is 4.57 Å². The van der Waals surface area contributed by atoms with Crippen LogP contribution in [0.4, 0.5) is 0 Å². The highest BCUT2D eigenvalue weighted by atomic mass is 32.1. The van der Waals surface area contributed by atoms with Gasteiger partial charge in [0.15, 0.2) is 0 Å². The van der Waals surface area contributed by atoms with Crippen molar-refractivity contribution in [1.82, 2.24) is 14.0 Å². The molecule has 0 saturated carbocycles. The molecular formula is C31H19N3S. The fourth-order valence-electron chi connectivity index (χ4n) is 5.47. The number of pyridine rings is 1. The number of thiophene rings is 1. The molecule has 8 rings (SSSR count). The zero-order chi connectivity index (χ0) is 22.9. The summed E-state index contributed by atoms with van der Waals surface area (Å²) < 4.78 is 4.60. The third kappa shape index (κ3) is 2.63. The third-order valence-electron chi connectivity index (χ3n) is 7.00. The van der Waals surface area contributed by atoms with Crippen LogP contribution in [-0.2, 0) is 0 Å². The quantitative estimate of drug-likeness (QED) is 0.251. The molecule has 0 bridgehead atoms. The standard InChI is InChI=1S/C31H19N3S/c1-2-13-25-22(10-1)26-19-29(35-31(26)33-17-16-32-30(25)33)20-8-7-9-21(18-20)34-27-14-5-3-11-23(27)24-12-4-6-15-28(24)34/h1-19H. The molecule has 0 atom stereocenters. The minimum atomic E-state index is 1.01. The van der Waals surface area contributed by atoms with Gasteiger partial charge >= 0.3 is 0 Å². The summed E-state index contributed by atoms with van der Waals surface area (Å²) in [7, 11) is 0. The van der Waals surface area contributed by atoms with Crippen LogP contribution in [-0.4, -0.2) is 14.0 Å². The van der Waals surface area contributed by atoms with Crippen molar-refractivity contribution >= 4 is 59.8 Å². The van der Waals surface area contributed by atoms with E-state index >= 15 is 0 Å². The number of fused-ring (bicyclic) bond motifs is 9. The minimum Gasteiger partial charge on any atom is -0.309 e. The lowest BCUT2D eigenvalue weighted by molar-refractivity contribution is 1.18. The lowest BCUT2D eigenvalue weighted by Gasteiger charge is -2.09. The number of imidazole rings is 1. The maximum Gasteiger partial charge on any atom is 0.145 e. The van der Waals surface area contributed by atoms with Gasteiger partial charge in [-0.3, -0.25) is 4.40 Å². The number of hydrogen-bond donors (Lipinski definition) is 0. The molecule has 3 nitrogen and oxygen atoms in total. The van der Waals surface area contributed by atoms with Crippen LogP contribution in [0.2, 0.25) is 0 Å². The molecule has 4 aromatic carbocycles. The zero-order valence-electron chi connectivity index (χ0n) is 18.7. The van der Waals surface area contributed by atoms with E-state index in [2.05, 4.69) is 123 Å². The second-order valence-corrected chi connectivity index (χ2v) is 9.95. The summed E-state index contributed by atoms with van der Waals surface area (Å²) >= 11 is 1.83. The van der Waals surface area contributed by atoms with E-state index in [0.717, 1.165) is 5.65 Å². The maximum absolute atomic E-state index is 4.65. The maximum atomic E-state index is 4.65. The highest BCUT2D eigenvalue weighted by Crippen LogP contribution is 2.40. The van der Waals surface area contributed by atoms with Crippen LogP contribution < -0.4 is 0 Å². The van der Waals surface area contributed by atoms with Crippen LogP contribution in [0, 0.1) is 0 Å². The molecule has 0 aliphatic carbocycles. The van der Waals surface area contributed by atoms with Crippen LogP contribution in [0.3, 0.4) is 0 Å². The van der Waals surface area contributed by atoms with Gasteiger partial charge in [-0.2, -0.15) is 0 Å². The molecule has 0 radical (unpaired) electrons. The van der Waals surface area contributed by atoms with Crippen molar-refractivity contribution in [3.05, 3.63) is 116 Å². The van der Waals surface area contributed by atoms with Gasteiger partial charge in [0.25, 0.3) is 0 Å². The van der Waals surface area contributed by atoms with Crippen molar-refractivity contribution in [2.75, 3.05) is 0 Å². The Hall–Kier alpha value is -4.41. The highest BCUT2D eigenvalue weighted by molar-refractivity contribution is 7.22. The van der Waals surface area contributed by atoms with Gasteiger partial charge in [-0.1, -0.05) is 72.8 Å². The summed E-state index contributed by atoms with van der Waals surface area (Å²) in [5.41, 5.74) is 5.88. The summed E-state index contributed by atoms with van der Waals surface area (Å²) in [6, 6.07) is 37.2. The Labute approximate surface area is 205 Å². The molecule has 4 heterocycles. The first-order valence-electron chi connectivity index (χ1n) is 11.7. The van der Waals surface area contributed by atoms with E-state index in [-0.39, 0.29) is 0 Å². The van der Waals surface area contributed by atoms with Gasteiger partial charge in [0.1, 0.15) is 10.5 Å². The van der Waals surface area contributed by atoms with Crippen LogP contribution in [0.5, 0.6) is 0 Å². The van der Waals surface area contributed by atoms with E-state index < -0.39 is 0 Å². The number of nitrogens with zero attached hydrogens (tertiary/aromatic N) is 3. The Morgan fingerprint density at radius 2 is 1.29 bits per heavy atom. The van der Waals surface area contributed by atoms with E-state index in [1.54, 1.807) is 0 Å². The monoisotopic (exact) mass is 465 g/mol. The van der Waals surface area contributed by atoms with Gasteiger partial charge in [0.2, 0.25) is 0 Å². The molecule has 35 heavy (non-hydrogen) atoms. The van der Waals surface area contributed by atoms with Gasteiger partial charge in [-0.05, 0) is 41.3 Å². The molecule has 0 aliphatic heterocycles. The predicted octanol–water partition coefficient (Wildman–Crippen LogP) is 8.47. The van der Waals surface area contributed by atoms with E-state index in [1.165, 1.54) is 58.9 Å². The number of rotatable bonds is 2. The lowest BCUT2D eigenvalue weighted by Crippen LogP contribution is -1.93. The minimum absolute atomic E-state index is 1.01. The number of hydrogen-bond acceptors (Lipinski definition) is 2. The average Bonchev–Trinajstić information content (AvgIpc) is 3.65. The molecule has 8 aromatic rings. The van der Waals surface area contributed by atoms with Gasteiger partial charge in [0, 0.05) is 44.5 Å². The SMILES string of the molecule is c1cc(-c2cc3c4ccccc4c4nccn4c3s2)cc(-n2c3ccccc3c3ccccc32)c1. The van der Waals surface area contributed by atoms with E-state index in [0.29, 0.717) is 0 Å². The normalized spacial score (nSPS) is 12.0. The molecule has 0 unspecified atom stereocenters. The van der Waals surface area contributed by atoms with Crippen LogP contribution >= 0.6 is 11.3 Å². The molecular weight excluding hydrogens is 446 g/mol. The average molecular weight is 466 g/mol. The lowest BCUT2D eigenvalue weighted by atomic mass is 10.1. The molecule has 4 heteroatoms. The van der Waals surface area contributed by atoms with Crippen LogP contribution in [0.25, 0.3) is 64.6 Å². The first kappa shape index (κ1) is 19.0. The van der Waals surface area contributed by atoms with Crippen molar-refractivity contribution in [3.8, 4) is 16.1 Å². The number of aromatic nitrogens is 3. The Bertz CT molecular complexity index is 2020. The molecule has 0 N–H and O–H groups in total. The molecule has 164 valence electrons. The summed E-state index contributed by atoms with van der Waals surface area (Å²) in [4.78, 5) is 7.14. The molecule has 0 amide bonds. The summed E-state index contributed by atoms with van der Waals surface area (Å²) in [5, 5.41) is 6.28. The largest absolute Gasteiger partial charge is 0.309 e. The summed E-state index contributed by atoms with van der Waals surface area (Å²) in [6.07, 6.45) is 3.96. The van der Waals surface area contributed by atoms with E-state index in [4.69, 9.17) is 0 Å². The second-order valence-electron chi connectivity index (χ2n) is 8.92. The smallest absolute Gasteiger partial charge is 0.145 e. The van der Waals surface area contributed by atoms with Gasteiger partial charge in [-0.25, -0.2) is 4.98 Å². The van der Waals surface area contributed by atoms with Gasteiger partial charge in [-0.15, -0.1) is 11.3 Å². The molecule has 4 aromatic heterocycles. The van der Waals surface area contributed by atoms with Crippen molar-refractivity contribution in [1.29, 1.82) is 0 Å². The third-order valence-corrected chi connectivity index (χ3v) is 8.18. The van der Waals surface area contributed by atoms with E-state index in [1.807, 2.05) is 17.5 Å². The number of para-hydroxylation sites is 2. The first-order valence-corrected chi connectivity index (χ1v) is 12.5. The Morgan fingerprint density at radius 3 is 2.06 bits per heavy atom. The Kier molecular flexibility index (Phi) is 3.82. The van der Waals surface area contributed by atoms with Crippen LogP contribution in [0.1, 0.15) is 0 Å². The zero-order valence-corrected chi connectivity index (χ0v) is 19.5. The van der Waals surface area contributed by atoms with Crippen molar-refractivity contribution in [2.24, 2.45) is 0 Å². The fraction of sp³-hybridized carbons (Fsp3) is 0. The fourth-order valence-corrected chi connectivity index (χ4v) is 6.63. The molecule has 0 saturated heterocycles. The topological polar surface area (TPSA) is 22.2 Å². The van der Waals surface area contributed by atoms with E-state index in [9.17, 15) is 0 Å². The highest BCUT2D eigenvalue weighted by Gasteiger charge is 2.15. The van der Waals surface area contributed by atoms with Crippen molar-refractivity contribution < 1.29 is 0 Å². The Morgan fingerprint density at radius 1 is 0.600 bits per heavy atom. The first-order chi connectivity index (χ1) is 17.4. The number of benzene rings is 4. The predicted molar refractivity (Wildman–Crippen MR) is 148 cm³/mol. The van der Waals surface area contributed by atoms with Crippen LogP contribution in [0.15, 0.2) is 116 Å². The summed E-state index contributed by atoms with van der Waals surface area (Å²) in [5.74, 6) is 0. The Balaban J connectivity index is 1.39. The van der Waals surface area contributed by atoms with Crippen molar-refractivity contribution in [3.63, 3.8) is 0 Å². The second kappa shape index (κ2) is 7.05. The van der Waals surface area contributed by atoms with Gasteiger partial charge in [0.05, 0.1) is 11.0 Å².